The lowest BCUT2D eigenvalue weighted by molar-refractivity contribution is -0.0428. The number of alkyl halides is 1. The second kappa shape index (κ2) is 4.25. The van der Waals surface area contributed by atoms with Gasteiger partial charge in [0.2, 0.25) is 0 Å². The molecule has 5 heteroatoms. The number of halogens is 1. The number of ether oxygens (including phenoxy) is 1. The molecule has 0 N–H and O–H groups in total. The van der Waals surface area contributed by atoms with Crippen LogP contribution in [0.1, 0.15) is 20.3 Å². The Morgan fingerprint density at radius 2 is 2.31 bits per heavy atom. The minimum Gasteiger partial charge on any atom is -0.376 e. The third-order valence-electron chi connectivity index (χ3n) is 2.56. The molecule has 0 aromatic heterocycles. The lowest BCUT2D eigenvalue weighted by atomic mass is 9.90. The molecule has 74 valence electrons. The molecule has 2 nitrogen and oxygen atoms in total. The Labute approximate surface area is 81.8 Å². The monoisotopic (exact) mass is 204 g/mol. The second-order valence-corrected chi connectivity index (χ2v) is 4.08. The Balaban J connectivity index is 2.74. The van der Waals surface area contributed by atoms with Gasteiger partial charge in [0.1, 0.15) is 20.1 Å². The molecule has 1 aliphatic rings. The first kappa shape index (κ1) is 11.4. The van der Waals surface area contributed by atoms with Crippen LogP contribution in [0.15, 0.2) is 0 Å². The van der Waals surface area contributed by atoms with E-state index in [1.54, 1.807) is 0 Å². The van der Waals surface area contributed by atoms with E-state index in [0.29, 0.717) is 6.42 Å². The standard InChI is InChI=1S/C8H15BFO2P/c1-4-8(2)6(12-13-3)5(10)7(9)11-8/h5-7,13H,4H2,1-3H3/t5?,6-,7-,8-/m1/s1. The molecular formula is C8H15BFO2P. The summed E-state index contributed by atoms with van der Waals surface area (Å²) in [5.74, 6) is 0. The van der Waals surface area contributed by atoms with Gasteiger partial charge in [0.15, 0.2) is 0 Å². The summed E-state index contributed by atoms with van der Waals surface area (Å²) in [4.78, 5) is 0. The summed E-state index contributed by atoms with van der Waals surface area (Å²) in [5, 5.41) is 0. The van der Waals surface area contributed by atoms with E-state index in [2.05, 4.69) is 0 Å². The molecule has 1 aliphatic heterocycles. The summed E-state index contributed by atoms with van der Waals surface area (Å²) in [6, 6.07) is -0.841. The predicted molar refractivity (Wildman–Crippen MR) is 53.3 cm³/mol. The maximum absolute atomic E-state index is 13.5. The zero-order valence-corrected chi connectivity index (χ0v) is 9.21. The average Bonchev–Trinajstić information content (AvgIpc) is 2.31. The minimum absolute atomic E-state index is 0.262. The normalized spacial score (nSPS) is 46.3. The van der Waals surface area contributed by atoms with Crippen LogP contribution in [-0.4, -0.2) is 38.4 Å². The van der Waals surface area contributed by atoms with Crippen LogP contribution in [0.4, 0.5) is 4.39 Å². The van der Waals surface area contributed by atoms with Crippen LogP contribution in [0.3, 0.4) is 0 Å². The van der Waals surface area contributed by atoms with E-state index in [0.717, 1.165) is 0 Å². The van der Waals surface area contributed by atoms with Crippen LogP contribution in [0.25, 0.3) is 0 Å². The highest BCUT2D eigenvalue weighted by Crippen LogP contribution is 2.38. The van der Waals surface area contributed by atoms with Crippen molar-refractivity contribution in [1.29, 1.82) is 0 Å². The highest BCUT2D eigenvalue weighted by molar-refractivity contribution is 7.31. The molecule has 1 rings (SSSR count). The Bertz CT molecular complexity index is 184. The fourth-order valence-corrected chi connectivity index (χ4v) is 2.19. The summed E-state index contributed by atoms with van der Waals surface area (Å²) in [7, 11) is 5.74. The van der Waals surface area contributed by atoms with E-state index in [1.807, 2.05) is 20.5 Å². The smallest absolute Gasteiger partial charge is 0.147 e. The van der Waals surface area contributed by atoms with Crippen molar-refractivity contribution in [1.82, 2.24) is 0 Å². The van der Waals surface area contributed by atoms with E-state index in [4.69, 9.17) is 17.1 Å². The number of rotatable bonds is 3. The Hall–Kier alpha value is 0.345. The van der Waals surface area contributed by atoms with Crippen LogP contribution < -0.4 is 0 Å². The van der Waals surface area contributed by atoms with Gasteiger partial charge in [-0.2, -0.15) is 0 Å². The summed E-state index contributed by atoms with van der Waals surface area (Å²) in [5.41, 5.74) is -0.568. The third kappa shape index (κ3) is 2.06. The van der Waals surface area contributed by atoms with Crippen LogP contribution in [0, 0.1) is 0 Å². The van der Waals surface area contributed by atoms with Gasteiger partial charge in [-0.15, -0.1) is 0 Å². The van der Waals surface area contributed by atoms with Gasteiger partial charge in [-0.25, -0.2) is 4.39 Å². The number of hydrogen-bond donors (Lipinski definition) is 0. The van der Waals surface area contributed by atoms with Gasteiger partial charge < -0.3 is 9.26 Å². The maximum Gasteiger partial charge on any atom is 0.147 e. The molecule has 0 saturated carbocycles. The molecule has 0 spiro atoms. The van der Waals surface area contributed by atoms with Crippen LogP contribution in [0.2, 0.25) is 0 Å². The van der Waals surface area contributed by atoms with Crippen molar-refractivity contribution in [3.63, 3.8) is 0 Å². The first-order valence-electron chi connectivity index (χ1n) is 4.45. The van der Waals surface area contributed by atoms with Crippen molar-refractivity contribution in [3.05, 3.63) is 0 Å². The molecular weight excluding hydrogens is 189 g/mol. The SMILES string of the molecule is [B][C@@H]1O[C@](C)(CC)[C@H](OPC)C1F. The van der Waals surface area contributed by atoms with E-state index in [1.165, 1.54) is 0 Å². The molecule has 0 aromatic rings. The highest BCUT2D eigenvalue weighted by Gasteiger charge is 2.50. The highest BCUT2D eigenvalue weighted by atomic mass is 31.1. The zero-order chi connectivity index (χ0) is 10.1. The van der Waals surface area contributed by atoms with Gasteiger partial charge in [-0.1, -0.05) is 6.92 Å². The minimum atomic E-state index is -1.21. The first-order valence-corrected chi connectivity index (χ1v) is 5.86. The van der Waals surface area contributed by atoms with E-state index in [-0.39, 0.29) is 8.81 Å². The first-order chi connectivity index (χ1) is 6.05. The van der Waals surface area contributed by atoms with Gasteiger partial charge in [0, 0.05) is 8.81 Å². The Morgan fingerprint density at radius 3 is 2.77 bits per heavy atom. The van der Waals surface area contributed by atoms with Crippen molar-refractivity contribution in [2.75, 3.05) is 6.66 Å². The average molecular weight is 204 g/mol. The van der Waals surface area contributed by atoms with E-state index < -0.39 is 23.9 Å². The van der Waals surface area contributed by atoms with Crippen molar-refractivity contribution in [2.24, 2.45) is 0 Å². The van der Waals surface area contributed by atoms with Crippen LogP contribution in [0.5, 0.6) is 0 Å². The van der Waals surface area contributed by atoms with Crippen LogP contribution in [-0.2, 0) is 9.26 Å². The summed E-state index contributed by atoms with van der Waals surface area (Å²) >= 11 is 0. The molecule has 2 radical (unpaired) electrons. The molecule has 0 aliphatic carbocycles. The topological polar surface area (TPSA) is 18.5 Å². The maximum atomic E-state index is 13.5. The van der Waals surface area contributed by atoms with Gasteiger partial charge >= 0.3 is 0 Å². The summed E-state index contributed by atoms with van der Waals surface area (Å²) < 4.78 is 24.2. The van der Waals surface area contributed by atoms with Crippen molar-refractivity contribution in [3.8, 4) is 0 Å². The second-order valence-electron chi connectivity index (χ2n) is 3.44. The zero-order valence-electron chi connectivity index (χ0n) is 8.21. The summed E-state index contributed by atoms with van der Waals surface area (Å²) in [6.07, 6.45) is -1.02. The molecule has 1 saturated heterocycles. The van der Waals surface area contributed by atoms with Gasteiger partial charge in [-0.05, 0) is 20.0 Å². The van der Waals surface area contributed by atoms with Gasteiger partial charge in [0.05, 0.1) is 11.6 Å². The molecule has 1 fully saturated rings. The lowest BCUT2D eigenvalue weighted by Crippen LogP contribution is -2.39. The van der Waals surface area contributed by atoms with E-state index >= 15 is 0 Å². The largest absolute Gasteiger partial charge is 0.376 e. The molecule has 0 amide bonds. The fraction of sp³-hybridized carbons (Fsp3) is 1.00. The van der Waals surface area contributed by atoms with Crippen molar-refractivity contribution < 1.29 is 13.7 Å². The van der Waals surface area contributed by atoms with Crippen molar-refractivity contribution in [2.45, 2.75) is 44.1 Å². The molecule has 2 unspecified atom stereocenters. The molecule has 13 heavy (non-hydrogen) atoms. The van der Waals surface area contributed by atoms with Crippen LogP contribution >= 0.6 is 8.81 Å². The molecule has 5 atom stereocenters. The lowest BCUT2D eigenvalue weighted by Gasteiger charge is -2.28. The number of hydrogen-bond acceptors (Lipinski definition) is 2. The quantitative estimate of drug-likeness (QED) is 0.513. The Kier molecular flexibility index (Phi) is 3.73. The molecule has 0 aromatic carbocycles. The Morgan fingerprint density at radius 1 is 1.69 bits per heavy atom. The fourth-order valence-electron chi connectivity index (χ4n) is 1.55. The molecule has 0 bridgehead atoms. The van der Waals surface area contributed by atoms with Crippen molar-refractivity contribution >= 4 is 16.7 Å². The van der Waals surface area contributed by atoms with Gasteiger partial charge in [-0.3, -0.25) is 0 Å². The summed E-state index contributed by atoms with van der Waals surface area (Å²) in [6.45, 7) is 5.66. The van der Waals surface area contributed by atoms with E-state index in [9.17, 15) is 4.39 Å². The molecule has 1 heterocycles. The predicted octanol–water partition coefficient (Wildman–Crippen LogP) is 1.63. The van der Waals surface area contributed by atoms with Gasteiger partial charge in [0.25, 0.3) is 0 Å². The third-order valence-corrected chi connectivity index (χ3v) is 3.05.